The number of carbonyl (C=O) groups is 1. The number of imidazole rings is 1. The van der Waals surface area contributed by atoms with Crippen molar-refractivity contribution in [1.29, 1.82) is 0 Å². The van der Waals surface area contributed by atoms with Crippen molar-refractivity contribution in [2.24, 2.45) is 0 Å². The van der Waals surface area contributed by atoms with Gasteiger partial charge in [0.2, 0.25) is 5.91 Å². The summed E-state index contributed by atoms with van der Waals surface area (Å²) in [6.07, 6.45) is 0. The average Bonchev–Trinajstić information content (AvgIpc) is 3.06. The Morgan fingerprint density at radius 1 is 1.04 bits per heavy atom. The minimum Gasteiger partial charge on any atom is -0.497 e. The molecular formula is C23H21N3O2. The van der Waals surface area contributed by atoms with Crippen LogP contribution >= 0.6 is 0 Å². The molecule has 28 heavy (non-hydrogen) atoms. The van der Waals surface area contributed by atoms with Crippen molar-refractivity contribution in [2.75, 3.05) is 12.4 Å². The van der Waals surface area contributed by atoms with E-state index in [-0.39, 0.29) is 12.5 Å². The van der Waals surface area contributed by atoms with Crippen LogP contribution in [0.1, 0.15) is 5.56 Å². The summed E-state index contributed by atoms with van der Waals surface area (Å²) in [5.74, 6) is 1.36. The summed E-state index contributed by atoms with van der Waals surface area (Å²) in [6.45, 7) is 2.22. The molecule has 5 heteroatoms. The monoisotopic (exact) mass is 371 g/mol. The van der Waals surface area contributed by atoms with Crippen molar-refractivity contribution in [1.82, 2.24) is 9.55 Å². The van der Waals surface area contributed by atoms with E-state index in [1.165, 1.54) is 0 Å². The Morgan fingerprint density at radius 3 is 2.68 bits per heavy atom. The van der Waals surface area contributed by atoms with Crippen molar-refractivity contribution in [3.63, 3.8) is 0 Å². The molecule has 1 aromatic heterocycles. The van der Waals surface area contributed by atoms with Crippen LogP contribution in [-0.2, 0) is 11.3 Å². The Balaban J connectivity index is 1.69. The summed E-state index contributed by atoms with van der Waals surface area (Å²) < 4.78 is 7.18. The van der Waals surface area contributed by atoms with Crippen molar-refractivity contribution >= 4 is 22.6 Å². The maximum absolute atomic E-state index is 12.8. The van der Waals surface area contributed by atoms with E-state index in [9.17, 15) is 4.79 Å². The van der Waals surface area contributed by atoms with Crippen LogP contribution in [0, 0.1) is 6.92 Å². The fourth-order valence-electron chi connectivity index (χ4n) is 3.29. The normalized spacial score (nSPS) is 10.8. The molecule has 0 bridgehead atoms. The van der Waals surface area contributed by atoms with Gasteiger partial charge in [-0.15, -0.1) is 0 Å². The Morgan fingerprint density at radius 2 is 1.86 bits per heavy atom. The zero-order valence-corrected chi connectivity index (χ0v) is 15.8. The summed E-state index contributed by atoms with van der Waals surface area (Å²) >= 11 is 0. The molecule has 4 aromatic rings. The molecule has 0 unspecified atom stereocenters. The number of rotatable bonds is 5. The van der Waals surface area contributed by atoms with Crippen molar-refractivity contribution in [3.8, 4) is 17.1 Å². The second-order valence-electron chi connectivity index (χ2n) is 6.66. The van der Waals surface area contributed by atoms with Crippen LogP contribution in [0.2, 0.25) is 0 Å². The van der Waals surface area contributed by atoms with Gasteiger partial charge in [-0.05, 0) is 37.3 Å². The largest absolute Gasteiger partial charge is 0.497 e. The SMILES string of the molecule is COc1cccc(NC(=O)Cn2c(-c3cccc(C)c3)nc3ccccc32)c1. The lowest BCUT2D eigenvalue weighted by Gasteiger charge is -2.11. The molecule has 0 saturated heterocycles. The number of carbonyl (C=O) groups excluding carboxylic acids is 1. The van der Waals surface area contributed by atoms with Gasteiger partial charge in [-0.3, -0.25) is 4.79 Å². The third-order valence-corrected chi connectivity index (χ3v) is 4.59. The number of aromatic nitrogens is 2. The van der Waals surface area contributed by atoms with Gasteiger partial charge in [-0.1, -0.05) is 42.0 Å². The first kappa shape index (κ1) is 17.8. The molecule has 1 heterocycles. The lowest BCUT2D eigenvalue weighted by molar-refractivity contribution is -0.116. The number of benzene rings is 3. The van der Waals surface area contributed by atoms with Gasteiger partial charge >= 0.3 is 0 Å². The predicted molar refractivity (Wildman–Crippen MR) is 112 cm³/mol. The molecule has 0 aliphatic heterocycles. The molecule has 0 atom stereocenters. The first-order valence-corrected chi connectivity index (χ1v) is 9.10. The number of aryl methyl sites for hydroxylation is 1. The molecule has 0 aliphatic rings. The number of anilines is 1. The topological polar surface area (TPSA) is 56.1 Å². The van der Waals surface area contributed by atoms with E-state index in [2.05, 4.69) is 11.4 Å². The summed E-state index contributed by atoms with van der Waals surface area (Å²) in [4.78, 5) is 17.5. The molecule has 0 saturated carbocycles. The van der Waals surface area contributed by atoms with Gasteiger partial charge in [0.05, 0.1) is 18.1 Å². The molecule has 1 amide bonds. The van der Waals surface area contributed by atoms with Crippen LogP contribution in [-0.4, -0.2) is 22.6 Å². The first-order chi connectivity index (χ1) is 13.6. The number of methoxy groups -OCH3 is 1. The zero-order chi connectivity index (χ0) is 19.5. The highest BCUT2D eigenvalue weighted by molar-refractivity contribution is 5.92. The number of hydrogen-bond donors (Lipinski definition) is 1. The summed E-state index contributed by atoms with van der Waals surface area (Å²) in [5.41, 5.74) is 4.64. The van der Waals surface area contributed by atoms with Gasteiger partial charge in [-0.2, -0.15) is 0 Å². The van der Waals surface area contributed by atoms with Crippen LogP contribution in [0.4, 0.5) is 5.69 Å². The molecule has 0 spiro atoms. The number of ether oxygens (including phenoxy) is 1. The van der Waals surface area contributed by atoms with E-state index in [0.29, 0.717) is 11.4 Å². The number of fused-ring (bicyclic) bond motifs is 1. The second kappa shape index (κ2) is 7.56. The van der Waals surface area contributed by atoms with Gasteiger partial charge < -0.3 is 14.6 Å². The second-order valence-corrected chi connectivity index (χ2v) is 6.66. The molecule has 140 valence electrons. The highest BCUT2D eigenvalue weighted by Gasteiger charge is 2.15. The maximum atomic E-state index is 12.8. The van der Waals surface area contributed by atoms with Gasteiger partial charge in [0, 0.05) is 17.3 Å². The van der Waals surface area contributed by atoms with Crippen molar-refractivity contribution in [3.05, 3.63) is 78.4 Å². The molecule has 0 fully saturated rings. The fraction of sp³-hybridized carbons (Fsp3) is 0.130. The minimum absolute atomic E-state index is 0.120. The van der Waals surface area contributed by atoms with Gasteiger partial charge in [0.25, 0.3) is 0 Å². The quantitative estimate of drug-likeness (QED) is 0.555. The Hall–Kier alpha value is -3.60. The molecule has 0 radical (unpaired) electrons. The number of para-hydroxylation sites is 2. The van der Waals surface area contributed by atoms with Gasteiger partial charge in [0.1, 0.15) is 18.1 Å². The average molecular weight is 371 g/mol. The highest BCUT2D eigenvalue weighted by Crippen LogP contribution is 2.26. The zero-order valence-electron chi connectivity index (χ0n) is 15.8. The Kier molecular flexibility index (Phi) is 4.81. The molecule has 5 nitrogen and oxygen atoms in total. The summed E-state index contributed by atoms with van der Waals surface area (Å²) in [5, 5.41) is 2.94. The number of nitrogens with zero attached hydrogens (tertiary/aromatic N) is 2. The fourth-order valence-corrected chi connectivity index (χ4v) is 3.29. The minimum atomic E-state index is -0.120. The lowest BCUT2D eigenvalue weighted by Crippen LogP contribution is -2.19. The van der Waals surface area contributed by atoms with E-state index < -0.39 is 0 Å². The highest BCUT2D eigenvalue weighted by atomic mass is 16.5. The van der Waals surface area contributed by atoms with Crippen LogP contribution in [0.25, 0.3) is 22.4 Å². The number of amides is 1. The Labute approximate surface area is 163 Å². The van der Waals surface area contributed by atoms with Crippen LogP contribution in [0.3, 0.4) is 0 Å². The summed E-state index contributed by atoms with van der Waals surface area (Å²) in [7, 11) is 1.60. The van der Waals surface area contributed by atoms with Crippen molar-refractivity contribution in [2.45, 2.75) is 13.5 Å². The van der Waals surface area contributed by atoms with E-state index in [4.69, 9.17) is 9.72 Å². The number of hydrogen-bond acceptors (Lipinski definition) is 3. The Bertz CT molecular complexity index is 1150. The van der Waals surface area contributed by atoms with E-state index >= 15 is 0 Å². The molecule has 3 aromatic carbocycles. The van der Waals surface area contributed by atoms with E-state index in [1.807, 2.05) is 72.2 Å². The van der Waals surface area contributed by atoms with Crippen molar-refractivity contribution < 1.29 is 9.53 Å². The molecular weight excluding hydrogens is 350 g/mol. The van der Waals surface area contributed by atoms with Crippen LogP contribution < -0.4 is 10.1 Å². The molecule has 1 N–H and O–H groups in total. The summed E-state index contributed by atoms with van der Waals surface area (Å²) in [6, 6.07) is 23.3. The maximum Gasteiger partial charge on any atom is 0.244 e. The smallest absolute Gasteiger partial charge is 0.244 e. The van der Waals surface area contributed by atoms with E-state index in [1.54, 1.807) is 13.2 Å². The first-order valence-electron chi connectivity index (χ1n) is 9.10. The van der Waals surface area contributed by atoms with E-state index in [0.717, 1.165) is 28.0 Å². The van der Waals surface area contributed by atoms with Crippen LogP contribution in [0.15, 0.2) is 72.8 Å². The van der Waals surface area contributed by atoms with Crippen LogP contribution in [0.5, 0.6) is 5.75 Å². The third-order valence-electron chi connectivity index (χ3n) is 4.59. The predicted octanol–water partition coefficient (Wildman–Crippen LogP) is 4.66. The lowest BCUT2D eigenvalue weighted by atomic mass is 10.1. The third kappa shape index (κ3) is 3.60. The van der Waals surface area contributed by atoms with Gasteiger partial charge in [-0.25, -0.2) is 4.98 Å². The molecule has 4 rings (SSSR count). The standard InChI is InChI=1S/C23H21N3O2/c1-16-7-5-8-17(13-16)23-25-20-11-3-4-12-21(20)26(23)15-22(27)24-18-9-6-10-19(14-18)28-2/h3-14H,15H2,1-2H3,(H,24,27). The van der Waals surface area contributed by atoms with Gasteiger partial charge in [0.15, 0.2) is 0 Å². The molecule has 0 aliphatic carbocycles. The number of nitrogens with one attached hydrogen (secondary N) is 1.